The van der Waals surface area contributed by atoms with Crippen LogP contribution in [0.5, 0.6) is 0 Å². The number of carboxylic acids is 1. The van der Waals surface area contributed by atoms with E-state index in [-0.39, 0.29) is 24.4 Å². The molecule has 36 heavy (non-hydrogen) atoms. The highest BCUT2D eigenvalue weighted by atomic mass is 35.5. The molecule has 8 nitrogen and oxygen atoms in total. The molecule has 2 aromatic carbocycles. The number of fused-ring (bicyclic) bond motifs is 1. The molecule has 1 aliphatic rings. The zero-order valence-electron chi connectivity index (χ0n) is 20.4. The number of aromatic nitrogens is 1. The summed E-state index contributed by atoms with van der Waals surface area (Å²) in [6, 6.07) is 8.86. The summed E-state index contributed by atoms with van der Waals surface area (Å²) in [5.41, 5.74) is -2.31. The Hall–Kier alpha value is -2.53. The Morgan fingerprint density at radius 2 is 1.86 bits per heavy atom. The van der Waals surface area contributed by atoms with Crippen LogP contribution in [0.4, 0.5) is 0 Å². The third kappa shape index (κ3) is 4.51. The second-order valence-corrected chi connectivity index (χ2v) is 13.4. The number of hydrogen-bond acceptors (Lipinski definition) is 6. The van der Waals surface area contributed by atoms with Crippen LogP contribution in [0.25, 0.3) is 10.8 Å². The number of amides is 1. The van der Waals surface area contributed by atoms with Crippen LogP contribution in [0, 0.1) is 5.41 Å². The summed E-state index contributed by atoms with van der Waals surface area (Å²) in [6.45, 7) is 6.82. The highest BCUT2D eigenvalue weighted by molar-refractivity contribution is 7.89. The fraction of sp³-hybridized carbons (Fsp3) is 0.400. The molecule has 1 saturated heterocycles. The van der Waals surface area contributed by atoms with Crippen LogP contribution < -0.4 is 0 Å². The fourth-order valence-corrected chi connectivity index (χ4v) is 7.02. The van der Waals surface area contributed by atoms with Crippen molar-refractivity contribution in [2.24, 2.45) is 5.41 Å². The number of nitrogens with zero attached hydrogens (tertiary/aromatic N) is 3. The van der Waals surface area contributed by atoms with Crippen molar-refractivity contribution in [3.8, 4) is 0 Å². The van der Waals surface area contributed by atoms with Crippen molar-refractivity contribution in [3.63, 3.8) is 0 Å². The SMILES string of the molecule is CC(C)(C)[C@@](C)(C(=O)O)N1CC[C@H](N(Cc2nccs2)S(=O)(=O)c2ccc3cc(Cl)ccc3c2)C1=O. The normalized spacial score (nSPS) is 18.7. The Balaban J connectivity index is 1.77. The highest BCUT2D eigenvalue weighted by Gasteiger charge is 2.56. The largest absolute Gasteiger partial charge is 0.479 e. The van der Waals surface area contributed by atoms with Crippen molar-refractivity contribution < 1.29 is 23.1 Å². The van der Waals surface area contributed by atoms with E-state index in [1.807, 2.05) is 0 Å². The molecule has 0 saturated carbocycles. The van der Waals surface area contributed by atoms with Crippen molar-refractivity contribution in [3.05, 3.63) is 58.0 Å². The molecule has 1 N–H and O–H groups in total. The van der Waals surface area contributed by atoms with Crippen molar-refractivity contribution in [2.75, 3.05) is 6.54 Å². The third-order valence-corrected chi connectivity index (χ3v) is 9.95. The Morgan fingerprint density at radius 1 is 1.19 bits per heavy atom. The van der Waals surface area contributed by atoms with Crippen molar-refractivity contribution in [2.45, 2.75) is 57.1 Å². The van der Waals surface area contributed by atoms with Gasteiger partial charge in [0, 0.05) is 23.1 Å². The number of benzene rings is 2. The van der Waals surface area contributed by atoms with Gasteiger partial charge in [-0.25, -0.2) is 18.2 Å². The predicted octanol–water partition coefficient (Wildman–Crippen LogP) is 4.63. The molecule has 2 heterocycles. The first-order chi connectivity index (χ1) is 16.8. The van der Waals surface area contributed by atoms with Crippen LogP contribution >= 0.6 is 22.9 Å². The van der Waals surface area contributed by atoms with Crippen molar-refractivity contribution in [1.29, 1.82) is 0 Å². The van der Waals surface area contributed by atoms with Gasteiger partial charge in [-0.3, -0.25) is 4.79 Å². The van der Waals surface area contributed by atoms with E-state index in [0.29, 0.717) is 15.4 Å². The number of thiazole rings is 1. The quantitative estimate of drug-likeness (QED) is 0.460. The molecule has 0 spiro atoms. The number of sulfonamides is 1. The van der Waals surface area contributed by atoms with E-state index in [2.05, 4.69) is 4.98 Å². The number of carbonyl (C=O) groups excluding carboxylic acids is 1. The zero-order chi connectivity index (χ0) is 26.5. The van der Waals surface area contributed by atoms with Crippen molar-refractivity contribution in [1.82, 2.24) is 14.2 Å². The number of halogens is 1. The summed E-state index contributed by atoms with van der Waals surface area (Å²) in [5.74, 6) is -1.66. The Morgan fingerprint density at radius 3 is 2.47 bits per heavy atom. The summed E-state index contributed by atoms with van der Waals surface area (Å²) in [4.78, 5) is 31.7. The molecule has 0 radical (unpaired) electrons. The van der Waals surface area contributed by atoms with Gasteiger partial charge in [-0.1, -0.05) is 44.5 Å². The van der Waals surface area contributed by atoms with E-state index in [4.69, 9.17) is 11.6 Å². The summed E-state index contributed by atoms with van der Waals surface area (Å²) >= 11 is 7.36. The fourth-order valence-electron chi connectivity index (χ4n) is 4.53. The van der Waals surface area contributed by atoms with Crippen LogP contribution in [-0.2, 0) is 26.2 Å². The molecule has 0 aliphatic carbocycles. The molecule has 3 aromatic rings. The monoisotopic (exact) mass is 549 g/mol. The summed E-state index contributed by atoms with van der Waals surface area (Å²) in [7, 11) is -4.15. The number of rotatable bonds is 7. The van der Waals surface area contributed by atoms with E-state index in [9.17, 15) is 23.1 Å². The minimum atomic E-state index is -4.15. The molecule has 4 rings (SSSR count). The van der Waals surface area contributed by atoms with Gasteiger partial charge in [-0.05, 0) is 53.8 Å². The molecule has 0 unspecified atom stereocenters. The summed E-state index contributed by atoms with van der Waals surface area (Å²) in [6.07, 6.45) is 1.75. The Labute approximate surface area is 219 Å². The number of aliphatic carboxylic acids is 1. The highest BCUT2D eigenvalue weighted by Crippen LogP contribution is 2.40. The first-order valence-corrected chi connectivity index (χ1v) is 14.1. The van der Waals surface area contributed by atoms with Gasteiger partial charge in [-0.2, -0.15) is 4.31 Å². The molecule has 11 heteroatoms. The van der Waals surface area contributed by atoms with Gasteiger partial charge in [0.1, 0.15) is 16.6 Å². The van der Waals surface area contributed by atoms with Crippen LogP contribution in [-0.4, -0.2) is 57.7 Å². The minimum absolute atomic E-state index is 0.0388. The van der Waals surface area contributed by atoms with Gasteiger partial charge in [0.15, 0.2) is 0 Å². The lowest BCUT2D eigenvalue weighted by atomic mass is 9.73. The van der Waals surface area contributed by atoms with E-state index in [0.717, 1.165) is 9.69 Å². The standard InChI is InChI=1S/C25H28ClN3O5S2/c1-24(2,3)25(4,23(31)32)28-11-9-20(22(28)30)29(15-21-27-10-12-35-21)36(33,34)19-8-6-16-13-18(26)7-5-17(16)14-19/h5-8,10,12-14,20H,9,11,15H2,1-4H3,(H,31,32)/t20-,25+/m0/s1. The maximum Gasteiger partial charge on any atom is 0.329 e. The second kappa shape index (κ2) is 9.41. The minimum Gasteiger partial charge on any atom is -0.479 e. The number of hydrogen-bond donors (Lipinski definition) is 1. The molecule has 0 bridgehead atoms. The molecular weight excluding hydrogens is 522 g/mol. The van der Waals surface area contributed by atoms with Crippen LogP contribution in [0.1, 0.15) is 39.1 Å². The molecule has 2 atom stereocenters. The van der Waals surface area contributed by atoms with Gasteiger partial charge < -0.3 is 10.0 Å². The molecule has 1 aromatic heterocycles. The van der Waals surface area contributed by atoms with Crippen LogP contribution in [0.2, 0.25) is 5.02 Å². The van der Waals surface area contributed by atoms with E-state index in [1.165, 1.54) is 29.2 Å². The van der Waals surface area contributed by atoms with Crippen molar-refractivity contribution >= 4 is 55.6 Å². The second-order valence-electron chi connectivity index (χ2n) is 10.1. The smallest absolute Gasteiger partial charge is 0.329 e. The van der Waals surface area contributed by atoms with Gasteiger partial charge in [-0.15, -0.1) is 11.3 Å². The average Bonchev–Trinajstić information content (AvgIpc) is 3.45. The van der Waals surface area contributed by atoms with E-state index in [1.54, 1.807) is 62.7 Å². The third-order valence-electron chi connectivity index (χ3n) is 7.10. The lowest BCUT2D eigenvalue weighted by Crippen LogP contribution is -2.62. The maximum atomic E-state index is 14.0. The van der Waals surface area contributed by atoms with Gasteiger partial charge in [0.2, 0.25) is 15.9 Å². The van der Waals surface area contributed by atoms with E-state index >= 15 is 0 Å². The first-order valence-electron chi connectivity index (χ1n) is 11.4. The van der Waals surface area contributed by atoms with E-state index < -0.39 is 38.9 Å². The zero-order valence-corrected chi connectivity index (χ0v) is 22.8. The van der Waals surface area contributed by atoms with Gasteiger partial charge in [0.25, 0.3) is 0 Å². The number of carboxylic acid groups (broad SMARTS) is 1. The lowest BCUT2D eigenvalue weighted by molar-refractivity contribution is -0.164. The Bertz CT molecular complexity index is 1420. The predicted molar refractivity (Wildman–Crippen MR) is 139 cm³/mol. The van der Waals surface area contributed by atoms with Gasteiger partial charge >= 0.3 is 5.97 Å². The topological polar surface area (TPSA) is 108 Å². The first kappa shape index (κ1) is 26.5. The molecule has 1 aliphatic heterocycles. The Kier molecular flexibility index (Phi) is 6.93. The summed E-state index contributed by atoms with van der Waals surface area (Å²) in [5, 5.41) is 14.4. The molecule has 1 fully saturated rings. The molecular formula is C25H28ClN3O5S2. The van der Waals surface area contributed by atoms with Gasteiger partial charge in [0.05, 0.1) is 11.4 Å². The number of carbonyl (C=O) groups is 2. The number of likely N-dealkylation sites (tertiary alicyclic amines) is 1. The van der Waals surface area contributed by atoms with Crippen LogP contribution in [0.3, 0.4) is 0 Å². The summed E-state index contributed by atoms with van der Waals surface area (Å²) < 4.78 is 29.1. The lowest BCUT2D eigenvalue weighted by Gasteiger charge is -2.45. The molecule has 192 valence electrons. The average molecular weight is 550 g/mol. The maximum absolute atomic E-state index is 14.0. The molecule has 1 amide bonds. The van der Waals surface area contributed by atoms with Crippen LogP contribution in [0.15, 0.2) is 52.9 Å².